The molecule has 1 aromatic rings. The molecule has 110 valence electrons. The Morgan fingerprint density at radius 1 is 1.35 bits per heavy atom. The monoisotopic (exact) mass is 294 g/mol. The van der Waals surface area contributed by atoms with E-state index < -0.39 is 13.9 Å². The highest BCUT2D eigenvalue weighted by atomic mass is 28.4. The minimum atomic E-state index is -1.83. The number of carbonyl (C=O) groups excluding carboxylic acids is 1. The van der Waals surface area contributed by atoms with E-state index in [1.54, 1.807) is 24.3 Å². The third-order valence-electron chi connectivity index (χ3n) is 2.82. The Morgan fingerprint density at radius 3 is 2.35 bits per heavy atom. The number of rotatable bonds is 7. The van der Waals surface area contributed by atoms with Gasteiger partial charge in [-0.25, -0.2) is 0 Å². The topological polar surface area (TPSA) is 55.8 Å². The zero-order valence-electron chi connectivity index (χ0n) is 12.5. The van der Waals surface area contributed by atoms with Crippen LogP contribution >= 0.6 is 0 Å². The average molecular weight is 294 g/mol. The summed E-state index contributed by atoms with van der Waals surface area (Å²) in [5, 5.41) is 9.66. The lowest BCUT2D eigenvalue weighted by Gasteiger charge is -2.19. The predicted molar refractivity (Wildman–Crippen MR) is 81.3 cm³/mol. The Labute approximate surface area is 121 Å². The molecule has 20 heavy (non-hydrogen) atoms. The third kappa shape index (κ3) is 4.92. The van der Waals surface area contributed by atoms with E-state index in [0.717, 1.165) is 0 Å². The highest BCUT2D eigenvalue weighted by Gasteiger charge is 2.25. The van der Waals surface area contributed by atoms with Gasteiger partial charge in [-0.05, 0) is 51.2 Å². The lowest BCUT2D eigenvalue weighted by molar-refractivity contribution is 0.0488. The van der Waals surface area contributed by atoms with Crippen LogP contribution in [0.15, 0.2) is 36.5 Å². The molecule has 0 unspecified atom stereocenters. The van der Waals surface area contributed by atoms with Gasteiger partial charge in [-0.1, -0.05) is 5.70 Å². The second kappa shape index (κ2) is 6.34. The molecule has 0 aliphatic heterocycles. The highest BCUT2D eigenvalue weighted by Crippen LogP contribution is 2.17. The number of Topliss-reactive ketones (excluding diaryl/α,β-unsaturated/α-hetero) is 1. The molecule has 1 aromatic carbocycles. The first-order chi connectivity index (χ1) is 9.15. The Bertz CT molecular complexity index is 472. The number of carbonyl (C=O) groups is 1. The molecule has 0 spiro atoms. The summed E-state index contributed by atoms with van der Waals surface area (Å²) in [4.78, 5) is 11.8. The van der Waals surface area contributed by atoms with E-state index in [4.69, 9.17) is 9.16 Å². The molecule has 0 aromatic heterocycles. The lowest BCUT2D eigenvalue weighted by Crippen LogP contribution is -2.31. The third-order valence-corrected chi connectivity index (χ3v) is 4.67. The summed E-state index contributed by atoms with van der Waals surface area (Å²) >= 11 is 0. The Kier molecular flexibility index (Phi) is 5.27. The number of hydrogen-bond acceptors (Lipinski definition) is 4. The van der Waals surface area contributed by atoms with E-state index in [2.05, 4.69) is 6.58 Å². The predicted octanol–water partition coefficient (Wildman–Crippen LogP) is 2.92. The smallest absolute Gasteiger partial charge is 0.214 e. The molecule has 0 fully saturated rings. The maximum atomic E-state index is 11.8. The Hall–Kier alpha value is -1.43. The summed E-state index contributed by atoms with van der Waals surface area (Å²) in [5.41, 5.74) is 0.915. The molecule has 1 N–H and O–H groups in total. The van der Waals surface area contributed by atoms with Crippen LogP contribution in [0.1, 0.15) is 24.2 Å². The molecule has 4 nitrogen and oxygen atoms in total. The second-order valence-corrected chi connectivity index (χ2v) is 9.53. The van der Waals surface area contributed by atoms with E-state index in [-0.39, 0.29) is 12.6 Å². The van der Waals surface area contributed by atoms with Crippen molar-refractivity contribution in [1.29, 1.82) is 0 Å². The molecular weight excluding hydrogens is 272 g/mol. The van der Waals surface area contributed by atoms with E-state index >= 15 is 0 Å². The van der Waals surface area contributed by atoms with Crippen LogP contribution in [-0.2, 0) is 4.43 Å². The van der Waals surface area contributed by atoms with Crippen LogP contribution < -0.4 is 4.74 Å². The first-order valence-electron chi connectivity index (χ1n) is 6.43. The van der Waals surface area contributed by atoms with Crippen molar-refractivity contribution in [3.8, 4) is 5.75 Å². The normalized spacial score (nSPS) is 12.1. The fourth-order valence-corrected chi connectivity index (χ4v) is 1.84. The van der Waals surface area contributed by atoms with E-state index in [1.165, 1.54) is 13.8 Å². The van der Waals surface area contributed by atoms with E-state index in [9.17, 15) is 9.90 Å². The minimum Gasteiger partial charge on any atom is -0.469 e. The van der Waals surface area contributed by atoms with Crippen LogP contribution in [0.4, 0.5) is 0 Å². The molecular formula is C15H22O4Si. The summed E-state index contributed by atoms with van der Waals surface area (Å²) < 4.78 is 11.1. The van der Waals surface area contributed by atoms with Gasteiger partial charge in [0, 0.05) is 5.56 Å². The van der Waals surface area contributed by atoms with Gasteiger partial charge < -0.3 is 14.3 Å². The van der Waals surface area contributed by atoms with Crippen molar-refractivity contribution in [2.24, 2.45) is 0 Å². The molecule has 1 rings (SSSR count). The van der Waals surface area contributed by atoms with Crippen molar-refractivity contribution < 1.29 is 19.1 Å². The van der Waals surface area contributed by atoms with Gasteiger partial charge in [-0.2, -0.15) is 0 Å². The fraction of sp³-hybridized carbons (Fsp3) is 0.400. The van der Waals surface area contributed by atoms with Crippen molar-refractivity contribution in [3.63, 3.8) is 0 Å². The molecule has 0 saturated carbocycles. The van der Waals surface area contributed by atoms with Crippen LogP contribution in [0.5, 0.6) is 5.75 Å². The van der Waals surface area contributed by atoms with Crippen LogP contribution in [0.2, 0.25) is 13.1 Å². The molecule has 0 atom stereocenters. The first kappa shape index (κ1) is 16.6. The molecule has 0 amide bonds. The second-order valence-electron chi connectivity index (χ2n) is 5.63. The van der Waals surface area contributed by atoms with Gasteiger partial charge in [-0.3, -0.25) is 4.79 Å². The number of ether oxygens (including phenoxy) is 1. The summed E-state index contributed by atoms with van der Waals surface area (Å²) in [6.45, 7) is 10.9. The van der Waals surface area contributed by atoms with Gasteiger partial charge in [-0.15, -0.1) is 6.58 Å². The highest BCUT2D eigenvalue weighted by molar-refractivity contribution is 6.76. The fourth-order valence-electron chi connectivity index (χ4n) is 1.36. The first-order valence-corrected chi connectivity index (χ1v) is 9.42. The van der Waals surface area contributed by atoms with Crippen LogP contribution in [0, 0.1) is 0 Å². The van der Waals surface area contributed by atoms with Crippen molar-refractivity contribution in [2.45, 2.75) is 32.5 Å². The number of aliphatic hydroxyl groups is 1. The zero-order valence-corrected chi connectivity index (χ0v) is 13.5. The minimum absolute atomic E-state index is 0.157. The Balaban J connectivity index is 2.60. The standard InChI is InChI=1S/C15H22O4Si/c1-6-20(4,5)19-11-18-13-9-7-12(8-10-13)14(16)15(2,3)17/h6-10,17H,1,11H2,2-5H3. The number of ketones is 1. The maximum absolute atomic E-state index is 11.8. The van der Waals surface area contributed by atoms with E-state index in [1.807, 2.05) is 18.8 Å². The van der Waals surface area contributed by atoms with Gasteiger partial charge >= 0.3 is 0 Å². The number of benzene rings is 1. The molecule has 0 radical (unpaired) electrons. The van der Waals surface area contributed by atoms with Gasteiger partial charge in [0.15, 0.2) is 12.6 Å². The molecule has 0 aliphatic rings. The summed E-state index contributed by atoms with van der Waals surface area (Å²) in [5.74, 6) is 0.298. The van der Waals surface area contributed by atoms with Crippen molar-refractivity contribution in [1.82, 2.24) is 0 Å². The largest absolute Gasteiger partial charge is 0.469 e. The quantitative estimate of drug-likeness (QED) is 0.477. The summed E-state index contributed by atoms with van der Waals surface area (Å²) in [6, 6.07) is 6.63. The van der Waals surface area contributed by atoms with Gasteiger partial charge in [0.05, 0.1) is 0 Å². The summed E-state index contributed by atoms with van der Waals surface area (Å²) in [7, 11) is -1.83. The van der Waals surface area contributed by atoms with Crippen molar-refractivity contribution in [2.75, 3.05) is 6.79 Å². The van der Waals surface area contributed by atoms with Gasteiger partial charge in [0.1, 0.15) is 11.4 Å². The average Bonchev–Trinajstić information content (AvgIpc) is 2.37. The van der Waals surface area contributed by atoms with Crippen LogP contribution in [0.25, 0.3) is 0 Å². The lowest BCUT2D eigenvalue weighted by atomic mass is 9.97. The SMILES string of the molecule is C=C[Si](C)(C)OCOc1ccc(C(=O)C(C)(C)O)cc1. The summed E-state index contributed by atoms with van der Waals surface area (Å²) in [6.07, 6.45) is 0. The zero-order chi connectivity index (χ0) is 15.4. The van der Waals surface area contributed by atoms with Crippen molar-refractivity contribution >= 4 is 14.1 Å². The van der Waals surface area contributed by atoms with E-state index in [0.29, 0.717) is 11.3 Å². The maximum Gasteiger partial charge on any atom is 0.214 e. The van der Waals surface area contributed by atoms with Gasteiger partial charge in [0.2, 0.25) is 8.32 Å². The Morgan fingerprint density at radius 2 is 1.90 bits per heavy atom. The molecule has 0 heterocycles. The molecule has 5 heteroatoms. The molecule has 0 saturated heterocycles. The van der Waals surface area contributed by atoms with Crippen LogP contribution in [-0.4, -0.2) is 31.6 Å². The van der Waals surface area contributed by atoms with Crippen molar-refractivity contribution in [3.05, 3.63) is 42.1 Å². The van der Waals surface area contributed by atoms with Gasteiger partial charge in [0.25, 0.3) is 0 Å². The number of hydrogen-bond donors (Lipinski definition) is 1. The molecule has 0 aliphatic carbocycles. The molecule has 0 bridgehead atoms. The van der Waals surface area contributed by atoms with Crippen LogP contribution in [0.3, 0.4) is 0 Å².